The Hall–Kier alpha value is -1.03. The average Bonchev–Trinajstić information content (AvgIpc) is 2.26. The van der Waals surface area contributed by atoms with E-state index in [2.05, 4.69) is 15.9 Å². The second-order valence-electron chi connectivity index (χ2n) is 2.67. The van der Waals surface area contributed by atoms with Crippen molar-refractivity contribution in [2.24, 2.45) is 0 Å². The molecule has 76 valence electrons. The predicted molar refractivity (Wildman–Crippen MR) is 57.6 cm³/mol. The van der Waals surface area contributed by atoms with Gasteiger partial charge in [0.25, 0.3) is 0 Å². The number of aldehydes is 1. The zero-order valence-electron chi connectivity index (χ0n) is 8.04. The molecule has 0 heterocycles. The van der Waals surface area contributed by atoms with Crippen molar-refractivity contribution < 1.29 is 14.3 Å². The highest BCUT2D eigenvalue weighted by molar-refractivity contribution is 9.08. The van der Waals surface area contributed by atoms with Crippen molar-refractivity contribution in [1.82, 2.24) is 0 Å². The second kappa shape index (κ2) is 5.00. The molecule has 0 aliphatic carbocycles. The minimum atomic E-state index is 0.479. The standard InChI is InChI=1S/C10H11BrO3/c1-13-9-4-7(5-11)3-8(6-12)10(9)14-2/h3-4,6H,5H2,1-2H3. The Balaban J connectivity index is 3.31. The third-order valence-corrected chi connectivity index (χ3v) is 2.50. The van der Waals surface area contributed by atoms with Gasteiger partial charge in [0, 0.05) is 5.33 Å². The molecule has 0 spiro atoms. The molecule has 0 fully saturated rings. The SMILES string of the molecule is COc1cc(CBr)cc(C=O)c1OC. The van der Waals surface area contributed by atoms with Crippen LogP contribution in [0.3, 0.4) is 0 Å². The molecule has 0 amide bonds. The fourth-order valence-corrected chi connectivity index (χ4v) is 1.54. The Morgan fingerprint density at radius 2 is 2.07 bits per heavy atom. The van der Waals surface area contributed by atoms with Crippen LogP contribution in [0.15, 0.2) is 12.1 Å². The van der Waals surface area contributed by atoms with Crippen LogP contribution in [-0.4, -0.2) is 20.5 Å². The highest BCUT2D eigenvalue weighted by Crippen LogP contribution is 2.32. The van der Waals surface area contributed by atoms with E-state index in [1.165, 1.54) is 7.11 Å². The molecule has 1 rings (SSSR count). The van der Waals surface area contributed by atoms with E-state index in [1.807, 2.05) is 6.07 Å². The van der Waals surface area contributed by atoms with Gasteiger partial charge >= 0.3 is 0 Å². The van der Waals surface area contributed by atoms with Crippen molar-refractivity contribution in [2.45, 2.75) is 5.33 Å². The molecule has 0 bridgehead atoms. The number of rotatable bonds is 4. The fraction of sp³-hybridized carbons (Fsp3) is 0.300. The molecule has 14 heavy (non-hydrogen) atoms. The minimum Gasteiger partial charge on any atom is -0.493 e. The summed E-state index contributed by atoms with van der Waals surface area (Å²) < 4.78 is 10.2. The molecule has 1 aromatic rings. The normalized spacial score (nSPS) is 9.64. The average molecular weight is 259 g/mol. The van der Waals surface area contributed by atoms with Crippen LogP contribution in [0.5, 0.6) is 11.5 Å². The van der Waals surface area contributed by atoms with Gasteiger partial charge < -0.3 is 9.47 Å². The Labute approximate surface area is 91.1 Å². The maximum absolute atomic E-state index is 10.8. The lowest BCUT2D eigenvalue weighted by Gasteiger charge is -2.10. The molecule has 0 aliphatic rings. The third kappa shape index (κ3) is 2.07. The largest absolute Gasteiger partial charge is 0.493 e. The molecule has 0 aromatic heterocycles. The number of hydrogen-bond donors (Lipinski definition) is 0. The Kier molecular flexibility index (Phi) is 3.95. The van der Waals surface area contributed by atoms with E-state index in [0.717, 1.165) is 11.8 Å². The van der Waals surface area contributed by atoms with Crippen LogP contribution in [0.1, 0.15) is 15.9 Å². The van der Waals surface area contributed by atoms with Gasteiger partial charge in [0.05, 0.1) is 19.8 Å². The number of carbonyl (C=O) groups is 1. The van der Waals surface area contributed by atoms with Gasteiger partial charge in [0.2, 0.25) is 0 Å². The Morgan fingerprint density at radius 1 is 1.36 bits per heavy atom. The molecule has 4 heteroatoms. The number of carbonyl (C=O) groups excluding carboxylic acids is 1. The van der Waals surface area contributed by atoms with Crippen LogP contribution in [0.4, 0.5) is 0 Å². The number of ether oxygens (including phenoxy) is 2. The van der Waals surface area contributed by atoms with Crippen LogP contribution in [-0.2, 0) is 5.33 Å². The van der Waals surface area contributed by atoms with E-state index >= 15 is 0 Å². The monoisotopic (exact) mass is 258 g/mol. The molecule has 0 saturated heterocycles. The van der Waals surface area contributed by atoms with Gasteiger partial charge in [-0.2, -0.15) is 0 Å². The number of halogens is 1. The van der Waals surface area contributed by atoms with Gasteiger partial charge in [-0.15, -0.1) is 0 Å². The molecule has 0 saturated carbocycles. The van der Waals surface area contributed by atoms with Gasteiger partial charge in [-0.05, 0) is 17.7 Å². The Morgan fingerprint density at radius 3 is 2.50 bits per heavy atom. The quantitative estimate of drug-likeness (QED) is 0.615. The summed E-state index contributed by atoms with van der Waals surface area (Å²) in [6, 6.07) is 3.60. The summed E-state index contributed by atoms with van der Waals surface area (Å²) in [5.74, 6) is 1.05. The first-order valence-corrected chi connectivity index (χ1v) is 5.15. The fourth-order valence-electron chi connectivity index (χ4n) is 1.22. The van der Waals surface area contributed by atoms with Gasteiger partial charge in [0.1, 0.15) is 0 Å². The molecule has 0 unspecified atom stereocenters. The van der Waals surface area contributed by atoms with Crippen LogP contribution in [0.2, 0.25) is 0 Å². The number of hydrogen-bond acceptors (Lipinski definition) is 3. The summed E-state index contributed by atoms with van der Waals surface area (Å²) in [5.41, 5.74) is 1.48. The van der Waals surface area contributed by atoms with E-state index in [-0.39, 0.29) is 0 Å². The zero-order chi connectivity index (χ0) is 10.6. The molecular weight excluding hydrogens is 248 g/mol. The first-order chi connectivity index (χ1) is 6.76. The van der Waals surface area contributed by atoms with E-state index in [4.69, 9.17) is 9.47 Å². The van der Waals surface area contributed by atoms with Crippen LogP contribution in [0, 0.1) is 0 Å². The summed E-state index contributed by atoms with van der Waals surface area (Å²) in [5, 5.41) is 0.675. The highest BCUT2D eigenvalue weighted by atomic mass is 79.9. The lowest BCUT2D eigenvalue weighted by atomic mass is 10.1. The number of alkyl halides is 1. The minimum absolute atomic E-state index is 0.479. The lowest BCUT2D eigenvalue weighted by Crippen LogP contribution is -1.96. The van der Waals surface area contributed by atoms with Crippen molar-refractivity contribution in [3.63, 3.8) is 0 Å². The molecule has 0 radical (unpaired) electrons. The van der Waals surface area contributed by atoms with Crippen molar-refractivity contribution in [2.75, 3.05) is 14.2 Å². The summed E-state index contributed by atoms with van der Waals surface area (Å²) in [7, 11) is 3.06. The van der Waals surface area contributed by atoms with Gasteiger partial charge in [0.15, 0.2) is 17.8 Å². The van der Waals surface area contributed by atoms with Gasteiger partial charge in [-0.1, -0.05) is 15.9 Å². The Bertz CT molecular complexity index is 336. The summed E-state index contributed by atoms with van der Waals surface area (Å²) in [4.78, 5) is 10.8. The smallest absolute Gasteiger partial charge is 0.171 e. The summed E-state index contributed by atoms with van der Waals surface area (Å²) in [6.07, 6.45) is 0.757. The first-order valence-electron chi connectivity index (χ1n) is 4.02. The van der Waals surface area contributed by atoms with Crippen LogP contribution >= 0.6 is 15.9 Å². The van der Waals surface area contributed by atoms with Crippen molar-refractivity contribution in [3.05, 3.63) is 23.3 Å². The van der Waals surface area contributed by atoms with Gasteiger partial charge in [-0.3, -0.25) is 4.79 Å². The maximum atomic E-state index is 10.8. The lowest BCUT2D eigenvalue weighted by molar-refractivity contribution is 0.112. The topological polar surface area (TPSA) is 35.5 Å². The van der Waals surface area contributed by atoms with Crippen LogP contribution in [0.25, 0.3) is 0 Å². The molecule has 0 atom stereocenters. The molecule has 1 aromatic carbocycles. The highest BCUT2D eigenvalue weighted by Gasteiger charge is 2.10. The van der Waals surface area contributed by atoms with E-state index < -0.39 is 0 Å². The van der Waals surface area contributed by atoms with Crippen molar-refractivity contribution in [1.29, 1.82) is 0 Å². The maximum Gasteiger partial charge on any atom is 0.171 e. The second-order valence-corrected chi connectivity index (χ2v) is 3.23. The summed E-state index contributed by atoms with van der Waals surface area (Å²) in [6.45, 7) is 0. The number of benzene rings is 1. The van der Waals surface area contributed by atoms with E-state index in [0.29, 0.717) is 22.4 Å². The third-order valence-electron chi connectivity index (χ3n) is 1.85. The van der Waals surface area contributed by atoms with Crippen molar-refractivity contribution >= 4 is 22.2 Å². The van der Waals surface area contributed by atoms with Crippen molar-refractivity contribution in [3.8, 4) is 11.5 Å². The molecule has 3 nitrogen and oxygen atoms in total. The van der Waals surface area contributed by atoms with Gasteiger partial charge in [-0.25, -0.2) is 0 Å². The molecular formula is C10H11BrO3. The number of methoxy groups -OCH3 is 2. The first kappa shape index (κ1) is 11.0. The zero-order valence-corrected chi connectivity index (χ0v) is 9.63. The molecule has 0 aliphatic heterocycles. The van der Waals surface area contributed by atoms with Crippen LogP contribution < -0.4 is 9.47 Å². The van der Waals surface area contributed by atoms with E-state index in [9.17, 15) is 4.79 Å². The van der Waals surface area contributed by atoms with E-state index in [1.54, 1.807) is 13.2 Å². The molecule has 0 N–H and O–H groups in total. The predicted octanol–water partition coefficient (Wildman–Crippen LogP) is 2.41. The summed E-state index contributed by atoms with van der Waals surface area (Å²) >= 11 is 3.32.